The summed E-state index contributed by atoms with van der Waals surface area (Å²) in [5.41, 5.74) is 5.12. The van der Waals surface area contributed by atoms with Gasteiger partial charge in [-0.15, -0.1) is 0 Å². The molecule has 0 spiro atoms. The van der Waals surface area contributed by atoms with E-state index in [1.807, 2.05) is 0 Å². The maximum atomic E-state index is 13.2. The van der Waals surface area contributed by atoms with Gasteiger partial charge in [0.15, 0.2) is 0 Å². The summed E-state index contributed by atoms with van der Waals surface area (Å²) in [6, 6.07) is 11.4. The molecule has 142 valence electrons. The van der Waals surface area contributed by atoms with Crippen LogP contribution in [-0.4, -0.2) is 32.2 Å². The van der Waals surface area contributed by atoms with Crippen molar-refractivity contribution in [1.29, 1.82) is 0 Å². The molecule has 0 saturated carbocycles. The Morgan fingerprint density at radius 1 is 1.00 bits per heavy atom. The van der Waals surface area contributed by atoms with Crippen LogP contribution in [0.3, 0.4) is 0 Å². The summed E-state index contributed by atoms with van der Waals surface area (Å²) in [5.74, 6) is 0.404. The molecule has 0 saturated heterocycles. The van der Waals surface area contributed by atoms with Crippen molar-refractivity contribution < 1.29 is 13.2 Å². The van der Waals surface area contributed by atoms with Gasteiger partial charge in [0.2, 0.25) is 15.9 Å². The third kappa shape index (κ3) is 3.07. The fourth-order valence-corrected chi connectivity index (χ4v) is 5.34. The van der Waals surface area contributed by atoms with Crippen molar-refractivity contribution in [2.45, 2.75) is 44.0 Å². The van der Waals surface area contributed by atoms with Gasteiger partial charge in [-0.25, -0.2) is 8.42 Å². The number of rotatable bonds is 3. The average Bonchev–Trinajstić information content (AvgIpc) is 2.94. The highest BCUT2D eigenvalue weighted by Crippen LogP contribution is 2.32. The highest BCUT2D eigenvalue weighted by atomic mass is 32.2. The first-order valence-electron chi connectivity index (χ1n) is 9.28. The number of carbonyl (C=O) groups is 1. The summed E-state index contributed by atoms with van der Waals surface area (Å²) in [4.78, 5) is 13.7. The van der Waals surface area contributed by atoms with Crippen molar-refractivity contribution in [3.8, 4) is 0 Å². The number of fused-ring (bicyclic) bond motifs is 2. The normalized spacial score (nSPS) is 17.3. The summed E-state index contributed by atoms with van der Waals surface area (Å²) in [7, 11) is -1.87. The van der Waals surface area contributed by atoms with Crippen molar-refractivity contribution in [3.05, 3.63) is 58.7 Å². The van der Waals surface area contributed by atoms with Gasteiger partial charge in [0.25, 0.3) is 0 Å². The number of anilines is 1. The van der Waals surface area contributed by atoms with Crippen LogP contribution in [0, 0.1) is 0 Å². The molecule has 0 unspecified atom stereocenters. The van der Waals surface area contributed by atoms with E-state index >= 15 is 0 Å². The lowest BCUT2D eigenvalue weighted by Crippen LogP contribution is -2.36. The Morgan fingerprint density at radius 3 is 2.52 bits per heavy atom. The summed E-state index contributed by atoms with van der Waals surface area (Å²) < 4.78 is 28.0. The third-order valence-electron chi connectivity index (χ3n) is 5.64. The molecule has 0 N–H and O–H groups in total. The first-order chi connectivity index (χ1) is 12.8. The number of likely N-dealkylation sites (N-methyl/N-ethyl adjacent to an activating group) is 1. The van der Waals surface area contributed by atoms with E-state index in [0.29, 0.717) is 19.0 Å². The van der Waals surface area contributed by atoms with E-state index in [-0.39, 0.29) is 17.2 Å². The van der Waals surface area contributed by atoms with Crippen molar-refractivity contribution in [1.82, 2.24) is 4.31 Å². The maximum Gasteiger partial charge on any atom is 0.243 e. The standard InChI is InChI=1S/C21H24N2O3S/c1-14(2)16-5-4-15-8-9-23(13-18(15)10-16)27(25,26)19-6-7-20-17(11-19)12-21(24)22(20)3/h4-7,10-11,14H,8-9,12-13H2,1-3H3. The average molecular weight is 385 g/mol. The predicted molar refractivity (Wildman–Crippen MR) is 105 cm³/mol. The molecule has 2 heterocycles. The highest BCUT2D eigenvalue weighted by molar-refractivity contribution is 7.89. The van der Waals surface area contributed by atoms with Gasteiger partial charge in [0.05, 0.1) is 11.3 Å². The van der Waals surface area contributed by atoms with E-state index in [1.54, 1.807) is 34.5 Å². The van der Waals surface area contributed by atoms with Gasteiger partial charge in [-0.2, -0.15) is 4.31 Å². The molecule has 6 heteroatoms. The van der Waals surface area contributed by atoms with Gasteiger partial charge in [-0.05, 0) is 52.8 Å². The molecule has 1 amide bonds. The Morgan fingerprint density at radius 2 is 1.78 bits per heavy atom. The summed E-state index contributed by atoms with van der Waals surface area (Å²) in [5, 5.41) is 0. The SMILES string of the molecule is CC(C)c1ccc2c(c1)CN(S(=O)(=O)c1ccc3c(c1)CC(=O)N3C)CC2. The molecule has 2 aliphatic heterocycles. The molecule has 0 fully saturated rings. The fourth-order valence-electron chi connectivity index (χ4n) is 3.87. The first kappa shape index (κ1) is 18.2. The van der Waals surface area contributed by atoms with Crippen LogP contribution in [0.2, 0.25) is 0 Å². The van der Waals surface area contributed by atoms with E-state index in [1.165, 1.54) is 11.1 Å². The number of carbonyl (C=O) groups excluding carboxylic acids is 1. The lowest BCUT2D eigenvalue weighted by Gasteiger charge is -2.29. The molecule has 27 heavy (non-hydrogen) atoms. The van der Waals surface area contributed by atoms with Crippen LogP contribution in [-0.2, 0) is 34.2 Å². The summed E-state index contributed by atoms with van der Waals surface area (Å²) in [6.45, 7) is 5.16. The second-order valence-corrected chi connectivity index (χ2v) is 9.63. The fraction of sp³-hybridized carbons (Fsp3) is 0.381. The molecule has 5 nitrogen and oxygen atoms in total. The number of benzene rings is 2. The predicted octanol–water partition coefficient (Wildman–Crippen LogP) is 3.08. The summed E-state index contributed by atoms with van der Waals surface area (Å²) >= 11 is 0. The number of hydrogen-bond acceptors (Lipinski definition) is 3. The minimum Gasteiger partial charge on any atom is -0.315 e. The molecule has 2 aromatic rings. The van der Waals surface area contributed by atoms with E-state index in [2.05, 4.69) is 32.0 Å². The largest absolute Gasteiger partial charge is 0.315 e. The van der Waals surface area contributed by atoms with Crippen molar-refractivity contribution in [2.24, 2.45) is 0 Å². The van der Waals surface area contributed by atoms with E-state index < -0.39 is 10.0 Å². The molecular weight excluding hydrogens is 360 g/mol. The molecule has 2 aliphatic rings. The van der Waals surface area contributed by atoms with Gasteiger partial charge in [0.1, 0.15) is 0 Å². The Labute approximate surface area is 160 Å². The van der Waals surface area contributed by atoms with E-state index in [4.69, 9.17) is 0 Å². The van der Waals surface area contributed by atoms with Crippen LogP contribution in [0.15, 0.2) is 41.3 Å². The van der Waals surface area contributed by atoms with Crippen LogP contribution in [0.1, 0.15) is 42.0 Å². The van der Waals surface area contributed by atoms with Gasteiger partial charge in [-0.1, -0.05) is 32.0 Å². The monoisotopic (exact) mass is 384 g/mol. The second-order valence-electron chi connectivity index (χ2n) is 7.69. The minimum atomic E-state index is -3.59. The quantitative estimate of drug-likeness (QED) is 0.817. The molecule has 0 bridgehead atoms. The van der Waals surface area contributed by atoms with Crippen molar-refractivity contribution in [3.63, 3.8) is 0 Å². The number of amides is 1. The van der Waals surface area contributed by atoms with E-state index in [0.717, 1.165) is 23.2 Å². The Hall–Kier alpha value is -2.18. The highest BCUT2D eigenvalue weighted by Gasteiger charge is 2.31. The van der Waals surface area contributed by atoms with Crippen molar-refractivity contribution in [2.75, 3.05) is 18.5 Å². The zero-order chi connectivity index (χ0) is 19.3. The maximum absolute atomic E-state index is 13.2. The number of sulfonamides is 1. The molecule has 0 atom stereocenters. The molecule has 0 aromatic heterocycles. The van der Waals surface area contributed by atoms with Crippen LogP contribution in [0.4, 0.5) is 5.69 Å². The van der Waals surface area contributed by atoms with Gasteiger partial charge in [0, 0.05) is 25.8 Å². The molecule has 0 aliphatic carbocycles. The van der Waals surface area contributed by atoms with Crippen LogP contribution in [0.25, 0.3) is 0 Å². The molecule has 0 radical (unpaired) electrons. The smallest absolute Gasteiger partial charge is 0.243 e. The van der Waals surface area contributed by atoms with E-state index in [9.17, 15) is 13.2 Å². The Bertz CT molecular complexity index is 1030. The lowest BCUT2D eigenvalue weighted by molar-refractivity contribution is -0.117. The number of hydrogen-bond donors (Lipinski definition) is 0. The molecule has 4 rings (SSSR count). The van der Waals surface area contributed by atoms with Crippen molar-refractivity contribution >= 4 is 21.6 Å². The topological polar surface area (TPSA) is 57.7 Å². The van der Waals surface area contributed by atoms with Gasteiger partial charge < -0.3 is 4.90 Å². The minimum absolute atomic E-state index is 0.00679. The number of nitrogens with zero attached hydrogens (tertiary/aromatic N) is 2. The van der Waals surface area contributed by atoms with Crippen LogP contribution >= 0.6 is 0 Å². The second kappa shape index (κ2) is 6.46. The molecule has 2 aromatic carbocycles. The van der Waals surface area contributed by atoms with Gasteiger partial charge >= 0.3 is 0 Å². The summed E-state index contributed by atoms with van der Waals surface area (Å²) in [6.07, 6.45) is 0.981. The van der Waals surface area contributed by atoms with Gasteiger partial charge in [-0.3, -0.25) is 4.79 Å². The third-order valence-corrected chi connectivity index (χ3v) is 7.48. The lowest BCUT2D eigenvalue weighted by atomic mass is 9.94. The Kier molecular flexibility index (Phi) is 4.35. The van der Waals surface area contributed by atoms with Crippen LogP contribution < -0.4 is 4.90 Å². The van der Waals surface area contributed by atoms with Crippen LogP contribution in [0.5, 0.6) is 0 Å². The Balaban J connectivity index is 1.65. The first-order valence-corrected chi connectivity index (χ1v) is 10.7. The zero-order valence-corrected chi connectivity index (χ0v) is 16.7. The zero-order valence-electron chi connectivity index (χ0n) is 15.9. The molecular formula is C21H24N2O3S.